The van der Waals surface area contributed by atoms with Gasteiger partial charge in [0.2, 0.25) is 5.28 Å². The predicted molar refractivity (Wildman–Crippen MR) is 90.6 cm³/mol. The fourth-order valence-electron chi connectivity index (χ4n) is 4.72. The van der Waals surface area contributed by atoms with Crippen LogP contribution in [0.2, 0.25) is 5.28 Å². The lowest BCUT2D eigenvalue weighted by Crippen LogP contribution is -2.32. The topological polar surface area (TPSA) is 105 Å². The average molecular weight is 382 g/mol. The first-order chi connectivity index (χ1) is 11.9. The van der Waals surface area contributed by atoms with Gasteiger partial charge in [0.15, 0.2) is 25.7 Å². The summed E-state index contributed by atoms with van der Waals surface area (Å²) in [6.45, 7) is 3.82. The molecule has 5 atom stereocenters. The van der Waals surface area contributed by atoms with Gasteiger partial charge >= 0.3 is 0 Å². The molecule has 2 saturated carbocycles. The van der Waals surface area contributed by atoms with Gasteiger partial charge in [0.25, 0.3) is 0 Å². The number of imidazole rings is 1. The summed E-state index contributed by atoms with van der Waals surface area (Å²) < 4.78 is 25.7. The fraction of sp³-hybridized carbons (Fsp3) is 0.667. The van der Waals surface area contributed by atoms with Gasteiger partial charge in [-0.3, -0.25) is 4.57 Å². The molecule has 2 aromatic rings. The van der Waals surface area contributed by atoms with Crippen molar-refractivity contribution in [1.82, 2.24) is 19.5 Å². The number of hydrogen-bond donors (Lipinski definition) is 1. The van der Waals surface area contributed by atoms with Crippen molar-refractivity contribution in [3.05, 3.63) is 11.6 Å². The smallest absolute Gasteiger partial charge is 0.226 e. The van der Waals surface area contributed by atoms with Crippen molar-refractivity contribution < 1.29 is 14.0 Å². The molecule has 0 bridgehead atoms. The van der Waals surface area contributed by atoms with Gasteiger partial charge in [-0.05, 0) is 37.8 Å². The van der Waals surface area contributed by atoms with Crippen LogP contribution in [-0.4, -0.2) is 43.7 Å². The molecule has 3 heterocycles. The van der Waals surface area contributed by atoms with Crippen LogP contribution < -0.4 is 5.73 Å². The van der Waals surface area contributed by atoms with Crippen LogP contribution >= 0.6 is 20.1 Å². The van der Waals surface area contributed by atoms with E-state index >= 15 is 0 Å². The molecule has 0 radical (unpaired) electrons. The molecule has 1 aliphatic heterocycles. The maximum absolute atomic E-state index is 11.4. The Balaban J connectivity index is 1.64. The Hall–Kier alpha value is -1.34. The molecule has 1 saturated heterocycles. The van der Waals surface area contributed by atoms with E-state index in [2.05, 4.69) is 15.0 Å². The third kappa shape index (κ3) is 2.05. The number of halogens is 1. The van der Waals surface area contributed by atoms with E-state index in [1.165, 1.54) is 0 Å². The molecule has 3 fully saturated rings. The van der Waals surface area contributed by atoms with E-state index in [4.69, 9.17) is 26.8 Å². The predicted octanol–water partition coefficient (Wildman–Crippen LogP) is 2.43. The van der Waals surface area contributed by atoms with Gasteiger partial charge in [0.1, 0.15) is 11.6 Å². The minimum absolute atomic E-state index is 0.0103. The van der Waals surface area contributed by atoms with E-state index in [1.54, 1.807) is 6.33 Å². The fourth-order valence-corrected chi connectivity index (χ4v) is 5.68. The zero-order valence-corrected chi connectivity index (χ0v) is 15.4. The van der Waals surface area contributed by atoms with Crippen molar-refractivity contribution in [1.29, 1.82) is 0 Å². The van der Waals surface area contributed by atoms with Gasteiger partial charge in [-0.15, -0.1) is 0 Å². The molecule has 2 aliphatic carbocycles. The van der Waals surface area contributed by atoms with Crippen molar-refractivity contribution in [2.45, 2.75) is 44.3 Å². The Morgan fingerprint density at radius 1 is 1.44 bits per heavy atom. The zero-order chi connectivity index (χ0) is 17.6. The second kappa shape index (κ2) is 4.88. The maximum atomic E-state index is 11.4. The summed E-state index contributed by atoms with van der Waals surface area (Å²) in [4.78, 5) is 12.7. The van der Waals surface area contributed by atoms with Crippen LogP contribution in [0.5, 0.6) is 0 Å². The highest BCUT2D eigenvalue weighted by atomic mass is 35.5. The molecular formula is C15H17ClN5O3P. The monoisotopic (exact) mass is 381 g/mol. The van der Waals surface area contributed by atoms with Crippen molar-refractivity contribution >= 4 is 37.0 Å². The van der Waals surface area contributed by atoms with E-state index in [0.717, 1.165) is 6.42 Å². The minimum Gasteiger partial charge on any atom is -0.382 e. The van der Waals surface area contributed by atoms with E-state index in [9.17, 15) is 4.57 Å². The normalized spacial score (nSPS) is 38.2. The highest BCUT2D eigenvalue weighted by Crippen LogP contribution is 2.72. The summed E-state index contributed by atoms with van der Waals surface area (Å²) in [5.74, 6) is -0.115. The highest BCUT2D eigenvalue weighted by Gasteiger charge is 2.75. The molecule has 2 N–H and O–H groups in total. The van der Waals surface area contributed by atoms with Gasteiger partial charge in [0.05, 0.1) is 18.5 Å². The van der Waals surface area contributed by atoms with Crippen molar-refractivity contribution in [3.8, 4) is 0 Å². The molecule has 0 spiro atoms. The van der Waals surface area contributed by atoms with Crippen LogP contribution in [0.4, 0.5) is 5.82 Å². The van der Waals surface area contributed by atoms with Gasteiger partial charge in [-0.1, -0.05) is 0 Å². The summed E-state index contributed by atoms with van der Waals surface area (Å²) in [5.41, 5.74) is 6.93. The molecule has 5 rings (SSSR count). The van der Waals surface area contributed by atoms with E-state index < -0.39 is 5.79 Å². The Labute approximate surface area is 150 Å². The third-order valence-corrected chi connectivity index (χ3v) is 6.61. The lowest BCUT2D eigenvalue weighted by atomic mass is 10.0. The molecule has 3 aliphatic rings. The molecule has 0 amide bonds. The van der Waals surface area contributed by atoms with Crippen molar-refractivity contribution in [2.75, 3.05) is 11.9 Å². The Kier molecular flexibility index (Phi) is 3.10. The SMILES string of the molecule is CC1(C)O[C@@H]2C(n3cnc4c(N)nc(Cl)nc43)[C@H]3C[C@@]3(CP=O)[C@@H]2O1. The average Bonchev–Trinajstić information content (AvgIpc) is 2.80. The lowest BCUT2D eigenvalue weighted by Gasteiger charge is -2.24. The molecule has 1 unspecified atom stereocenters. The van der Waals surface area contributed by atoms with Crippen LogP contribution in [-0.2, 0) is 14.0 Å². The number of fused-ring (bicyclic) bond motifs is 4. The first-order valence-corrected chi connectivity index (χ1v) is 9.54. The number of anilines is 1. The zero-order valence-electron chi connectivity index (χ0n) is 13.7. The number of nitrogens with zero attached hydrogens (tertiary/aromatic N) is 4. The van der Waals surface area contributed by atoms with Crippen molar-refractivity contribution in [2.24, 2.45) is 11.3 Å². The molecule has 132 valence electrons. The van der Waals surface area contributed by atoms with Crippen LogP contribution in [0.1, 0.15) is 26.3 Å². The quantitative estimate of drug-likeness (QED) is 0.643. The molecule has 25 heavy (non-hydrogen) atoms. The summed E-state index contributed by atoms with van der Waals surface area (Å²) in [7, 11) is 0.134. The maximum Gasteiger partial charge on any atom is 0.226 e. The first-order valence-electron chi connectivity index (χ1n) is 8.17. The number of ether oxygens (including phenoxy) is 2. The largest absolute Gasteiger partial charge is 0.382 e. The third-order valence-electron chi connectivity index (χ3n) is 5.72. The molecule has 0 aromatic carbocycles. The van der Waals surface area contributed by atoms with Gasteiger partial charge in [-0.25, -0.2) is 4.98 Å². The Morgan fingerprint density at radius 2 is 2.24 bits per heavy atom. The van der Waals surface area contributed by atoms with Gasteiger partial charge < -0.3 is 19.8 Å². The van der Waals surface area contributed by atoms with Crippen LogP contribution in [0.3, 0.4) is 0 Å². The number of hydrogen-bond acceptors (Lipinski definition) is 7. The van der Waals surface area contributed by atoms with Gasteiger partial charge in [-0.2, -0.15) is 9.97 Å². The second-order valence-corrected chi connectivity index (χ2v) is 8.46. The molecular weight excluding hydrogens is 365 g/mol. The number of aromatic nitrogens is 4. The highest BCUT2D eigenvalue weighted by molar-refractivity contribution is 7.23. The lowest BCUT2D eigenvalue weighted by molar-refractivity contribution is -0.160. The summed E-state index contributed by atoms with van der Waals surface area (Å²) >= 11 is 6.00. The summed E-state index contributed by atoms with van der Waals surface area (Å²) in [6, 6.07) is -0.0103. The van der Waals surface area contributed by atoms with E-state index in [1.807, 2.05) is 18.4 Å². The minimum atomic E-state index is -0.671. The summed E-state index contributed by atoms with van der Waals surface area (Å²) in [5, 5.41) is 0.0883. The standard InChI is InChI=1S/C15H17ClN5O3P/c1-14(2)23-9-8(6-3-15(6,4-25-22)10(9)24-14)21-5-18-7-11(17)19-13(16)20-12(7)21/h5-6,8-10H,3-4H2,1-2H3,(H2,17,19,20)/t6-,8?,9-,10-,15+/m1/s1. The number of rotatable bonds is 3. The first kappa shape index (κ1) is 15.9. The van der Waals surface area contributed by atoms with Crippen LogP contribution in [0.15, 0.2) is 6.33 Å². The Morgan fingerprint density at radius 3 is 3.00 bits per heavy atom. The van der Waals surface area contributed by atoms with E-state index in [0.29, 0.717) is 23.2 Å². The van der Waals surface area contributed by atoms with Crippen LogP contribution in [0.25, 0.3) is 11.2 Å². The van der Waals surface area contributed by atoms with Crippen LogP contribution in [0, 0.1) is 11.3 Å². The molecule has 2 aromatic heterocycles. The second-order valence-electron chi connectivity index (χ2n) is 7.54. The number of nitrogen functional groups attached to an aromatic ring is 1. The van der Waals surface area contributed by atoms with Gasteiger partial charge in [0, 0.05) is 11.6 Å². The molecule has 8 nitrogen and oxygen atoms in total. The number of nitrogens with two attached hydrogens (primary N) is 1. The summed E-state index contributed by atoms with van der Waals surface area (Å²) in [6.07, 6.45) is 2.99. The van der Waals surface area contributed by atoms with Crippen molar-refractivity contribution in [3.63, 3.8) is 0 Å². The molecule has 10 heteroatoms. The Bertz CT molecular complexity index is 905. The van der Waals surface area contributed by atoms with E-state index in [-0.39, 0.29) is 43.2 Å².